The van der Waals surface area contributed by atoms with Crippen molar-refractivity contribution >= 4 is 53.7 Å². The van der Waals surface area contributed by atoms with Crippen molar-refractivity contribution in [2.45, 2.75) is 0 Å². The van der Waals surface area contributed by atoms with Gasteiger partial charge in [-0.25, -0.2) is 9.97 Å². The van der Waals surface area contributed by atoms with Gasteiger partial charge in [-0.2, -0.15) is 0 Å². The third-order valence-corrected chi connectivity index (χ3v) is 9.21. The van der Waals surface area contributed by atoms with Gasteiger partial charge >= 0.3 is 0 Å². The number of fused-ring (bicyclic) bond motifs is 7. The molecule has 0 amide bonds. The van der Waals surface area contributed by atoms with E-state index in [-0.39, 0.29) is 0 Å². The van der Waals surface area contributed by atoms with Crippen molar-refractivity contribution in [2.24, 2.45) is 0 Å². The van der Waals surface area contributed by atoms with Crippen molar-refractivity contribution < 1.29 is 4.42 Å². The molecule has 4 aromatic heterocycles. The Balaban J connectivity index is 1.28. The lowest BCUT2D eigenvalue weighted by atomic mass is 10.1. The summed E-state index contributed by atoms with van der Waals surface area (Å²) >= 11 is 1.79. The molecule has 0 saturated heterocycles. The number of hydrogen-bond acceptors (Lipinski definition) is 4. The molecule has 0 aliphatic carbocycles. The fraction of sp³-hybridized carbons (Fsp3) is 0. The molecule has 0 aliphatic heterocycles. The summed E-state index contributed by atoms with van der Waals surface area (Å²) in [5.74, 6) is 0.708. The highest BCUT2D eigenvalue weighted by Crippen LogP contribution is 2.46. The summed E-state index contributed by atoms with van der Waals surface area (Å²) in [6.07, 6.45) is 0. The highest BCUT2D eigenvalue weighted by atomic mass is 32.1. The summed E-state index contributed by atoms with van der Waals surface area (Å²) in [7, 11) is 0. The first-order valence-electron chi connectivity index (χ1n) is 14.3. The van der Waals surface area contributed by atoms with Gasteiger partial charge in [0.25, 0.3) is 0 Å². The normalized spacial score (nSPS) is 11.7. The van der Waals surface area contributed by atoms with Gasteiger partial charge in [0.1, 0.15) is 0 Å². The van der Waals surface area contributed by atoms with E-state index >= 15 is 0 Å². The molecule has 0 aliphatic rings. The Bertz CT molecular complexity index is 2380. The minimum absolute atomic E-state index is 0.708. The fourth-order valence-electron chi connectivity index (χ4n) is 6.03. The maximum absolute atomic E-state index is 6.79. The Hall–Kier alpha value is -5.52. The zero-order chi connectivity index (χ0) is 28.3. The Morgan fingerprint density at radius 1 is 0.558 bits per heavy atom. The van der Waals surface area contributed by atoms with Crippen molar-refractivity contribution in [1.29, 1.82) is 0 Å². The maximum atomic E-state index is 6.79. The second-order valence-electron chi connectivity index (χ2n) is 10.6. The molecule has 0 radical (unpaired) electrons. The molecule has 0 fully saturated rings. The molecule has 9 rings (SSSR count). The van der Waals surface area contributed by atoms with Gasteiger partial charge in [0, 0.05) is 37.9 Å². The SMILES string of the molecule is c1ccc(-c2cc(-c3ccc4sc5c(oc6c5c5ccccc5n6-c5ccccc5)c4c3)nc(-c3ccccc3)n2)cc1. The molecule has 4 heterocycles. The predicted octanol–water partition coefficient (Wildman–Crippen LogP) is 10.5. The minimum atomic E-state index is 0.708. The third kappa shape index (κ3) is 3.83. The van der Waals surface area contributed by atoms with Gasteiger partial charge in [-0.15, -0.1) is 11.3 Å². The van der Waals surface area contributed by atoms with Gasteiger partial charge in [0.05, 0.1) is 27.0 Å². The van der Waals surface area contributed by atoms with E-state index in [2.05, 4.69) is 102 Å². The van der Waals surface area contributed by atoms with Crippen LogP contribution in [0.15, 0.2) is 144 Å². The molecule has 0 spiro atoms. The standard InChI is InChI=1S/C38H23N3OS/c1-4-12-24(13-5-1)30-23-31(40-37(39-30)25-14-6-2-7-15-25)26-20-21-33-29(22-26)35-36(43-33)34-28-18-10-11-19-32(28)41(38(34)42-35)27-16-8-3-9-17-27/h1-23H. The molecular weight excluding hydrogens is 547 g/mol. The lowest BCUT2D eigenvalue weighted by Gasteiger charge is -2.09. The summed E-state index contributed by atoms with van der Waals surface area (Å²) in [4.78, 5) is 10.0. The van der Waals surface area contributed by atoms with Crippen LogP contribution in [0.1, 0.15) is 0 Å². The fourth-order valence-corrected chi connectivity index (χ4v) is 7.19. The van der Waals surface area contributed by atoms with Gasteiger partial charge in [0.15, 0.2) is 11.4 Å². The largest absolute Gasteiger partial charge is 0.438 e. The zero-order valence-electron chi connectivity index (χ0n) is 22.9. The van der Waals surface area contributed by atoms with Crippen LogP contribution in [0.3, 0.4) is 0 Å². The van der Waals surface area contributed by atoms with Crippen molar-refractivity contribution in [3.8, 4) is 39.6 Å². The van der Waals surface area contributed by atoms with E-state index in [1.165, 1.54) is 14.8 Å². The van der Waals surface area contributed by atoms with Crippen molar-refractivity contribution in [2.75, 3.05) is 0 Å². The Morgan fingerprint density at radius 3 is 1.98 bits per heavy atom. The molecule has 202 valence electrons. The monoisotopic (exact) mass is 569 g/mol. The number of rotatable bonds is 4. The average Bonchev–Trinajstić information content (AvgIpc) is 3.72. The van der Waals surface area contributed by atoms with E-state index in [1.54, 1.807) is 11.3 Å². The molecular formula is C38H23N3OS. The highest BCUT2D eigenvalue weighted by Gasteiger charge is 2.22. The van der Waals surface area contributed by atoms with Crippen LogP contribution in [0.5, 0.6) is 0 Å². The smallest absolute Gasteiger partial charge is 0.214 e. The summed E-state index contributed by atoms with van der Waals surface area (Å²) < 4.78 is 11.4. The summed E-state index contributed by atoms with van der Waals surface area (Å²) in [5, 5.41) is 3.46. The zero-order valence-corrected chi connectivity index (χ0v) is 23.8. The number of furan rings is 1. The first-order valence-corrected chi connectivity index (χ1v) is 15.1. The van der Waals surface area contributed by atoms with Gasteiger partial charge in [0.2, 0.25) is 5.71 Å². The molecule has 5 aromatic carbocycles. The molecule has 0 saturated carbocycles. The van der Waals surface area contributed by atoms with E-state index < -0.39 is 0 Å². The number of hydrogen-bond donors (Lipinski definition) is 0. The molecule has 0 atom stereocenters. The summed E-state index contributed by atoms with van der Waals surface area (Å²) in [6, 6.07) is 48.1. The average molecular weight is 570 g/mol. The van der Waals surface area contributed by atoms with E-state index in [0.29, 0.717) is 5.82 Å². The summed E-state index contributed by atoms with van der Waals surface area (Å²) in [6.45, 7) is 0. The first kappa shape index (κ1) is 24.1. The van der Waals surface area contributed by atoms with Crippen molar-refractivity contribution in [1.82, 2.24) is 14.5 Å². The molecule has 43 heavy (non-hydrogen) atoms. The molecule has 5 heteroatoms. The van der Waals surface area contributed by atoms with Crippen LogP contribution < -0.4 is 0 Å². The van der Waals surface area contributed by atoms with Gasteiger partial charge in [-0.05, 0) is 36.4 Å². The Morgan fingerprint density at radius 2 is 1.21 bits per heavy atom. The second-order valence-corrected chi connectivity index (χ2v) is 11.7. The molecule has 0 N–H and O–H groups in total. The van der Waals surface area contributed by atoms with Crippen LogP contribution in [0, 0.1) is 0 Å². The quantitative estimate of drug-likeness (QED) is 0.212. The number of para-hydroxylation sites is 2. The van der Waals surface area contributed by atoms with Crippen LogP contribution in [0.4, 0.5) is 0 Å². The first-order chi connectivity index (χ1) is 21.3. The lowest BCUT2D eigenvalue weighted by Crippen LogP contribution is -1.95. The molecule has 0 bridgehead atoms. The van der Waals surface area contributed by atoms with Gasteiger partial charge < -0.3 is 4.42 Å². The topological polar surface area (TPSA) is 43.9 Å². The maximum Gasteiger partial charge on any atom is 0.214 e. The van der Waals surface area contributed by atoms with E-state index in [1.807, 2.05) is 42.5 Å². The van der Waals surface area contributed by atoms with E-state index in [4.69, 9.17) is 14.4 Å². The second kappa shape index (κ2) is 9.51. The number of thiophene rings is 1. The third-order valence-electron chi connectivity index (χ3n) is 8.04. The van der Waals surface area contributed by atoms with E-state index in [0.717, 1.165) is 61.4 Å². The molecule has 0 unspecified atom stereocenters. The van der Waals surface area contributed by atoms with E-state index in [9.17, 15) is 0 Å². The van der Waals surface area contributed by atoms with Gasteiger partial charge in [-0.1, -0.05) is 103 Å². The highest BCUT2D eigenvalue weighted by molar-refractivity contribution is 7.26. The Labute approximate surface area is 251 Å². The summed E-state index contributed by atoms with van der Waals surface area (Å²) in [5.41, 5.74) is 8.88. The number of benzene rings is 5. The number of nitrogens with zero attached hydrogens (tertiary/aromatic N) is 3. The van der Waals surface area contributed by atoms with Crippen LogP contribution in [-0.4, -0.2) is 14.5 Å². The van der Waals surface area contributed by atoms with Crippen LogP contribution in [0.2, 0.25) is 0 Å². The minimum Gasteiger partial charge on any atom is -0.438 e. The Kier molecular flexibility index (Phi) is 5.33. The lowest BCUT2D eigenvalue weighted by molar-refractivity contribution is 0.649. The molecule has 4 nitrogen and oxygen atoms in total. The predicted molar refractivity (Wildman–Crippen MR) is 178 cm³/mol. The van der Waals surface area contributed by atoms with Gasteiger partial charge in [-0.3, -0.25) is 4.57 Å². The van der Waals surface area contributed by atoms with Crippen LogP contribution in [-0.2, 0) is 0 Å². The number of aromatic nitrogens is 3. The van der Waals surface area contributed by atoms with Crippen molar-refractivity contribution in [3.63, 3.8) is 0 Å². The van der Waals surface area contributed by atoms with Crippen LogP contribution in [0.25, 0.3) is 82.0 Å². The molecule has 9 aromatic rings. The van der Waals surface area contributed by atoms with Crippen LogP contribution >= 0.6 is 11.3 Å². The van der Waals surface area contributed by atoms with Crippen molar-refractivity contribution in [3.05, 3.63) is 140 Å².